The quantitative estimate of drug-likeness (QED) is 0.677. The molecule has 2 aromatic rings. The Labute approximate surface area is 107 Å². The molecule has 0 aliphatic carbocycles. The second-order valence-corrected chi connectivity index (χ2v) is 4.74. The smallest absolute Gasteiger partial charge is 0.195 e. The molecule has 0 aliphatic heterocycles. The minimum absolute atomic E-state index is 0.673. The van der Waals surface area contributed by atoms with E-state index in [4.69, 9.17) is 12.2 Å². The van der Waals surface area contributed by atoms with Gasteiger partial charge in [-0.1, -0.05) is 12.1 Å². The molecule has 0 spiro atoms. The van der Waals surface area contributed by atoms with Gasteiger partial charge >= 0.3 is 0 Å². The van der Waals surface area contributed by atoms with Crippen molar-refractivity contribution >= 4 is 34.8 Å². The van der Waals surface area contributed by atoms with Crippen molar-refractivity contribution in [2.24, 2.45) is 0 Å². The van der Waals surface area contributed by atoms with E-state index >= 15 is 0 Å². The van der Waals surface area contributed by atoms with Crippen LogP contribution >= 0.6 is 34.8 Å². The standard InChI is InChI=1S/C10H10IN3S/c1-2-14-9(12-13-10(14)15)7-4-3-5-8(11)6-7/h3-6H,2H2,1H3,(H,13,15). The van der Waals surface area contributed by atoms with Crippen molar-refractivity contribution in [1.82, 2.24) is 14.8 Å². The number of rotatable bonds is 2. The number of hydrogen-bond acceptors (Lipinski definition) is 2. The van der Waals surface area contributed by atoms with E-state index in [1.165, 1.54) is 3.57 Å². The Morgan fingerprint density at radius 2 is 2.33 bits per heavy atom. The summed E-state index contributed by atoms with van der Waals surface area (Å²) in [6.07, 6.45) is 0. The molecule has 0 radical (unpaired) electrons. The van der Waals surface area contributed by atoms with E-state index in [0.29, 0.717) is 4.77 Å². The van der Waals surface area contributed by atoms with Crippen molar-refractivity contribution < 1.29 is 0 Å². The van der Waals surface area contributed by atoms with Gasteiger partial charge in [-0.3, -0.25) is 5.10 Å². The average molecular weight is 331 g/mol. The lowest BCUT2D eigenvalue weighted by Crippen LogP contribution is -1.97. The third-order valence-corrected chi connectivity index (χ3v) is 3.14. The molecule has 2 rings (SSSR count). The molecule has 0 aliphatic rings. The van der Waals surface area contributed by atoms with E-state index in [1.54, 1.807) is 0 Å². The summed E-state index contributed by atoms with van der Waals surface area (Å²) in [7, 11) is 0. The Bertz CT molecular complexity index is 529. The molecule has 5 heteroatoms. The number of H-pyrrole nitrogens is 1. The summed E-state index contributed by atoms with van der Waals surface area (Å²) in [5.74, 6) is 0.904. The molecular weight excluding hydrogens is 321 g/mol. The molecule has 78 valence electrons. The molecule has 0 saturated heterocycles. The van der Waals surface area contributed by atoms with Gasteiger partial charge < -0.3 is 4.57 Å². The first-order valence-electron chi connectivity index (χ1n) is 4.63. The zero-order chi connectivity index (χ0) is 10.8. The van der Waals surface area contributed by atoms with Crippen LogP contribution in [-0.4, -0.2) is 14.8 Å². The van der Waals surface area contributed by atoms with Crippen LogP contribution in [0.2, 0.25) is 0 Å². The number of aromatic amines is 1. The molecule has 0 unspecified atom stereocenters. The van der Waals surface area contributed by atoms with Gasteiger partial charge in [0.1, 0.15) is 0 Å². The summed E-state index contributed by atoms with van der Waals surface area (Å²) in [6, 6.07) is 8.22. The van der Waals surface area contributed by atoms with Crippen LogP contribution in [0.15, 0.2) is 24.3 Å². The van der Waals surface area contributed by atoms with Gasteiger partial charge in [0.05, 0.1) is 0 Å². The van der Waals surface area contributed by atoms with Gasteiger partial charge in [-0.05, 0) is 53.9 Å². The number of nitrogens with one attached hydrogen (secondary N) is 1. The van der Waals surface area contributed by atoms with Gasteiger partial charge in [0, 0.05) is 15.7 Å². The predicted molar refractivity (Wildman–Crippen MR) is 71.2 cm³/mol. The van der Waals surface area contributed by atoms with Crippen molar-refractivity contribution in [3.8, 4) is 11.4 Å². The summed E-state index contributed by atoms with van der Waals surface area (Å²) in [5, 5.41) is 7.06. The SMILES string of the molecule is CCn1c(-c2cccc(I)c2)n[nH]c1=S. The zero-order valence-corrected chi connectivity index (χ0v) is 11.2. The minimum atomic E-state index is 0.673. The molecule has 0 amide bonds. The number of benzene rings is 1. The molecule has 1 aromatic carbocycles. The van der Waals surface area contributed by atoms with Gasteiger partial charge in [-0.25, -0.2) is 0 Å². The molecule has 1 aromatic heterocycles. The lowest BCUT2D eigenvalue weighted by atomic mass is 10.2. The van der Waals surface area contributed by atoms with Crippen LogP contribution in [0.3, 0.4) is 0 Å². The predicted octanol–water partition coefficient (Wildman–Crippen LogP) is 3.23. The Hall–Kier alpha value is -0.690. The second-order valence-electron chi connectivity index (χ2n) is 3.11. The Morgan fingerprint density at radius 1 is 1.53 bits per heavy atom. The number of halogens is 1. The van der Waals surface area contributed by atoms with Gasteiger partial charge in [-0.15, -0.1) is 0 Å². The summed E-state index contributed by atoms with van der Waals surface area (Å²) in [6.45, 7) is 2.89. The number of aromatic nitrogens is 3. The van der Waals surface area contributed by atoms with Gasteiger partial charge in [0.25, 0.3) is 0 Å². The molecule has 3 nitrogen and oxygen atoms in total. The first-order chi connectivity index (χ1) is 7.22. The van der Waals surface area contributed by atoms with Gasteiger partial charge in [0.2, 0.25) is 0 Å². The number of hydrogen-bond donors (Lipinski definition) is 1. The molecule has 1 N–H and O–H groups in total. The fourth-order valence-electron chi connectivity index (χ4n) is 1.46. The monoisotopic (exact) mass is 331 g/mol. The molecular formula is C10H10IN3S. The van der Waals surface area contributed by atoms with Crippen LogP contribution in [0.1, 0.15) is 6.92 Å². The van der Waals surface area contributed by atoms with Crippen LogP contribution in [0.5, 0.6) is 0 Å². The fourth-order valence-corrected chi connectivity index (χ4v) is 2.26. The van der Waals surface area contributed by atoms with Crippen molar-refractivity contribution in [3.63, 3.8) is 0 Å². The second kappa shape index (κ2) is 4.44. The molecule has 0 fully saturated rings. The topological polar surface area (TPSA) is 33.6 Å². The maximum absolute atomic E-state index is 5.15. The van der Waals surface area contributed by atoms with E-state index in [-0.39, 0.29) is 0 Å². The highest BCUT2D eigenvalue weighted by atomic mass is 127. The highest BCUT2D eigenvalue weighted by Gasteiger charge is 2.06. The van der Waals surface area contributed by atoms with Crippen LogP contribution in [0.25, 0.3) is 11.4 Å². The van der Waals surface area contributed by atoms with E-state index in [0.717, 1.165) is 17.9 Å². The van der Waals surface area contributed by atoms with E-state index in [2.05, 4.69) is 51.8 Å². The van der Waals surface area contributed by atoms with Crippen molar-refractivity contribution in [2.45, 2.75) is 13.5 Å². The zero-order valence-electron chi connectivity index (χ0n) is 8.20. The van der Waals surface area contributed by atoms with Gasteiger partial charge in [-0.2, -0.15) is 5.10 Å². The Balaban J connectivity index is 2.59. The molecule has 0 atom stereocenters. The van der Waals surface area contributed by atoms with Crippen molar-refractivity contribution in [2.75, 3.05) is 0 Å². The Kier molecular flexibility index (Phi) is 3.20. The maximum atomic E-state index is 5.15. The van der Waals surface area contributed by atoms with Crippen LogP contribution in [-0.2, 0) is 6.54 Å². The highest BCUT2D eigenvalue weighted by molar-refractivity contribution is 14.1. The first-order valence-corrected chi connectivity index (χ1v) is 6.12. The average Bonchev–Trinajstić information content (AvgIpc) is 2.59. The number of nitrogens with zero attached hydrogens (tertiary/aromatic N) is 2. The van der Waals surface area contributed by atoms with Crippen molar-refractivity contribution in [3.05, 3.63) is 32.6 Å². The summed E-state index contributed by atoms with van der Waals surface area (Å²) in [4.78, 5) is 0. The van der Waals surface area contributed by atoms with Crippen molar-refractivity contribution in [1.29, 1.82) is 0 Å². The van der Waals surface area contributed by atoms with E-state index in [1.807, 2.05) is 16.7 Å². The third kappa shape index (κ3) is 2.12. The highest BCUT2D eigenvalue weighted by Crippen LogP contribution is 2.19. The van der Waals surface area contributed by atoms with Crippen LogP contribution < -0.4 is 0 Å². The van der Waals surface area contributed by atoms with E-state index < -0.39 is 0 Å². The summed E-state index contributed by atoms with van der Waals surface area (Å²) >= 11 is 7.44. The summed E-state index contributed by atoms with van der Waals surface area (Å²) < 4.78 is 3.86. The van der Waals surface area contributed by atoms with Crippen LogP contribution in [0.4, 0.5) is 0 Å². The largest absolute Gasteiger partial charge is 0.300 e. The maximum Gasteiger partial charge on any atom is 0.195 e. The lowest BCUT2D eigenvalue weighted by molar-refractivity contribution is 0.755. The normalized spacial score (nSPS) is 10.5. The Morgan fingerprint density at radius 3 is 3.00 bits per heavy atom. The minimum Gasteiger partial charge on any atom is -0.300 e. The fraction of sp³-hybridized carbons (Fsp3) is 0.200. The lowest BCUT2D eigenvalue weighted by Gasteiger charge is -2.03. The van der Waals surface area contributed by atoms with E-state index in [9.17, 15) is 0 Å². The third-order valence-electron chi connectivity index (χ3n) is 2.16. The van der Waals surface area contributed by atoms with Crippen LogP contribution in [0, 0.1) is 8.34 Å². The van der Waals surface area contributed by atoms with Gasteiger partial charge in [0.15, 0.2) is 10.6 Å². The molecule has 0 saturated carbocycles. The summed E-state index contributed by atoms with van der Waals surface area (Å²) in [5.41, 5.74) is 1.09. The molecule has 15 heavy (non-hydrogen) atoms. The first kappa shape index (κ1) is 10.8. The molecule has 0 bridgehead atoms. The molecule has 1 heterocycles.